The van der Waals surface area contributed by atoms with Crippen LogP contribution >= 0.6 is 0 Å². The molecule has 168 valence electrons. The molecule has 7 heteroatoms. The van der Waals surface area contributed by atoms with Gasteiger partial charge in [-0.25, -0.2) is 4.98 Å². The Morgan fingerprint density at radius 1 is 1.22 bits per heavy atom. The number of hydrogen-bond acceptors (Lipinski definition) is 3. The van der Waals surface area contributed by atoms with Crippen LogP contribution in [0, 0.1) is 12.8 Å². The third-order valence-electron chi connectivity index (χ3n) is 6.63. The van der Waals surface area contributed by atoms with Gasteiger partial charge in [0.1, 0.15) is 16.7 Å². The fourth-order valence-electron chi connectivity index (χ4n) is 4.74. The molecule has 0 radical (unpaired) electrons. The van der Waals surface area contributed by atoms with Crippen LogP contribution in [0.15, 0.2) is 30.8 Å². The first-order chi connectivity index (χ1) is 15.2. The van der Waals surface area contributed by atoms with Crippen LogP contribution in [0.4, 0.5) is 18.9 Å². The first kappa shape index (κ1) is 21.0. The van der Waals surface area contributed by atoms with Gasteiger partial charge in [0.2, 0.25) is 0 Å². The average molecular weight is 441 g/mol. The van der Waals surface area contributed by atoms with Crippen molar-refractivity contribution in [2.45, 2.75) is 58.8 Å². The molecule has 1 aliphatic carbocycles. The second-order valence-electron chi connectivity index (χ2n) is 9.21. The normalized spacial score (nSPS) is 18.4. The number of rotatable bonds is 5. The van der Waals surface area contributed by atoms with E-state index in [1.54, 1.807) is 13.0 Å². The fraction of sp³-hybridized carbons (Fsp3) is 0.440. The van der Waals surface area contributed by atoms with Crippen LogP contribution in [0.3, 0.4) is 0 Å². The van der Waals surface area contributed by atoms with Crippen molar-refractivity contribution < 1.29 is 13.2 Å². The number of pyridine rings is 1. The van der Waals surface area contributed by atoms with E-state index < -0.39 is 11.7 Å². The Morgan fingerprint density at radius 3 is 2.59 bits per heavy atom. The molecule has 1 aliphatic heterocycles. The molecule has 2 aromatic heterocycles. The number of hydrogen-bond donors (Lipinski definition) is 0. The maximum atomic E-state index is 14.1. The summed E-state index contributed by atoms with van der Waals surface area (Å²) >= 11 is 0. The zero-order valence-electron chi connectivity index (χ0n) is 18.6. The van der Waals surface area contributed by atoms with E-state index >= 15 is 0 Å². The highest BCUT2D eigenvalue weighted by atomic mass is 19.4. The van der Waals surface area contributed by atoms with Gasteiger partial charge in [-0.1, -0.05) is 31.2 Å². The van der Waals surface area contributed by atoms with Crippen molar-refractivity contribution in [3.63, 3.8) is 0 Å². The van der Waals surface area contributed by atoms with Crippen molar-refractivity contribution >= 4 is 22.3 Å². The van der Waals surface area contributed by atoms with Crippen LogP contribution in [0.2, 0.25) is 0 Å². The molecule has 1 saturated carbocycles. The van der Waals surface area contributed by atoms with E-state index in [0.717, 1.165) is 29.9 Å². The number of aryl methyl sites for hydroxylation is 1. The van der Waals surface area contributed by atoms with Gasteiger partial charge in [-0.15, -0.1) is 0 Å². The number of aromatic nitrogens is 3. The molecular formula is C25H27F3N4. The molecule has 1 fully saturated rings. The molecule has 2 aliphatic rings. The van der Waals surface area contributed by atoms with Crippen molar-refractivity contribution in [3.8, 4) is 11.3 Å². The number of halogens is 3. The van der Waals surface area contributed by atoms with Crippen LogP contribution in [0.25, 0.3) is 27.9 Å². The van der Waals surface area contributed by atoms with Crippen molar-refractivity contribution in [1.29, 1.82) is 0 Å². The predicted molar refractivity (Wildman–Crippen MR) is 122 cm³/mol. The zero-order chi connectivity index (χ0) is 22.8. The molecule has 3 heterocycles. The van der Waals surface area contributed by atoms with Crippen molar-refractivity contribution in [3.05, 3.63) is 47.7 Å². The van der Waals surface area contributed by atoms with Gasteiger partial charge < -0.3 is 4.90 Å². The largest absolute Gasteiger partial charge is 0.417 e. The Bertz CT molecular complexity index is 1220. The first-order valence-electron chi connectivity index (χ1n) is 11.2. The predicted octanol–water partition coefficient (Wildman–Crippen LogP) is 6.47. The van der Waals surface area contributed by atoms with Crippen LogP contribution in [-0.4, -0.2) is 27.4 Å². The Labute approximate surface area is 185 Å². The maximum absolute atomic E-state index is 14.1. The summed E-state index contributed by atoms with van der Waals surface area (Å²) in [5.41, 5.74) is 3.95. The Balaban J connectivity index is 1.74. The zero-order valence-corrected chi connectivity index (χ0v) is 18.6. The number of allylic oxidation sites excluding steroid dienone is 1. The van der Waals surface area contributed by atoms with Crippen LogP contribution in [-0.2, 0) is 12.7 Å². The van der Waals surface area contributed by atoms with Crippen LogP contribution in [0.5, 0.6) is 0 Å². The summed E-state index contributed by atoms with van der Waals surface area (Å²) in [5.74, 6) is 0.702. The molecule has 1 aromatic carbocycles. The minimum Gasteiger partial charge on any atom is -0.365 e. The molecule has 5 rings (SSSR count). The van der Waals surface area contributed by atoms with Crippen LogP contribution in [0.1, 0.15) is 49.9 Å². The summed E-state index contributed by atoms with van der Waals surface area (Å²) in [6.45, 7) is 11.2. The van der Waals surface area contributed by atoms with Crippen molar-refractivity contribution in [1.82, 2.24) is 14.8 Å². The van der Waals surface area contributed by atoms with E-state index in [1.807, 2.05) is 11.6 Å². The maximum Gasteiger partial charge on any atom is 0.417 e. The lowest BCUT2D eigenvalue weighted by Crippen LogP contribution is -2.42. The van der Waals surface area contributed by atoms with Crippen molar-refractivity contribution in [2.24, 2.45) is 5.92 Å². The summed E-state index contributed by atoms with van der Waals surface area (Å²) < 4.78 is 44.1. The van der Waals surface area contributed by atoms with Gasteiger partial charge >= 0.3 is 6.18 Å². The Hall–Kier alpha value is -2.83. The molecule has 0 N–H and O–H groups in total. The van der Waals surface area contributed by atoms with E-state index in [1.165, 1.54) is 25.0 Å². The summed E-state index contributed by atoms with van der Waals surface area (Å²) in [5, 5.41) is 4.71. The van der Waals surface area contributed by atoms with Gasteiger partial charge in [0.05, 0.1) is 17.8 Å². The lowest BCUT2D eigenvalue weighted by molar-refractivity contribution is -0.137. The summed E-state index contributed by atoms with van der Waals surface area (Å²) in [6.07, 6.45) is -1.07. The highest BCUT2D eigenvalue weighted by molar-refractivity contribution is 5.99. The van der Waals surface area contributed by atoms with E-state index in [4.69, 9.17) is 5.10 Å². The molecule has 3 aromatic rings. The summed E-state index contributed by atoms with van der Waals surface area (Å²) in [6, 6.07) is 6.70. The second kappa shape index (κ2) is 7.36. The van der Waals surface area contributed by atoms with Gasteiger partial charge in [-0.2, -0.15) is 18.3 Å². The smallest absolute Gasteiger partial charge is 0.365 e. The summed E-state index contributed by atoms with van der Waals surface area (Å²) in [4.78, 5) is 7.12. The number of nitrogens with zero attached hydrogens (tertiary/aromatic N) is 4. The lowest BCUT2D eigenvalue weighted by Gasteiger charge is -2.37. The molecular weight excluding hydrogens is 413 g/mol. The minimum absolute atomic E-state index is 0.0685. The number of benzene rings is 1. The van der Waals surface area contributed by atoms with Crippen molar-refractivity contribution in [2.75, 3.05) is 11.4 Å². The molecule has 4 nitrogen and oxygen atoms in total. The number of alkyl halides is 3. The van der Waals surface area contributed by atoms with E-state index in [9.17, 15) is 13.2 Å². The molecule has 0 bridgehead atoms. The topological polar surface area (TPSA) is 34.0 Å². The SMILES string of the molecule is C=C(C)c1ccc(-c2nn3c4c(cc(C)nc24)N(CC2CC2)[C@@H](CC)C3)c(C(F)(F)F)c1. The number of anilines is 1. The highest BCUT2D eigenvalue weighted by Gasteiger charge is 2.38. The second-order valence-corrected chi connectivity index (χ2v) is 9.21. The lowest BCUT2D eigenvalue weighted by atomic mass is 9.97. The third kappa shape index (κ3) is 3.48. The van der Waals surface area contributed by atoms with Crippen LogP contribution < -0.4 is 4.90 Å². The van der Waals surface area contributed by atoms with Gasteiger partial charge in [0.25, 0.3) is 0 Å². The Kier molecular flexibility index (Phi) is 4.84. The molecule has 0 amide bonds. The minimum atomic E-state index is -4.51. The average Bonchev–Trinajstić information content (AvgIpc) is 3.48. The molecule has 0 spiro atoms. The highest BCUT2D eigenvalue weighted by Crippen LogP contribution is 2.44. The molecule has 1 atom stereocenters. The van der Waals surface area contributed by atoms with E-state index in [0.29, 0.717) is 34.8 Å². The van der Waals surface area contributed by atoms with E-state index in [2.05, 4.69) is 29.5 Å². The van der Waals surface area contributed by atoms with Gasteiger partial charge in [-0.05, 0) is 56.7 Å². The van der Waals surface area contributed by atoms with Gasteiger partial charge in [0, 0.05) is 23.8 Å². The Morgan fingerprint density at radius 2 is 1.97 bits per heavy atom. The van der Waals surface area contributed by atoms with Gasteiger partial charge in [0.15, 0.2) is 0 Å². The molecule has 0 saturated heterocycles. The fourth-order valence-corrected chi connectivity index (χ4v) is 4.74. The van der Waals surface area contributed by atoms with Gasteiger partial charge in [-0.3, -0.25) is 4.68 Å². The third-order valence-corrected chi connectivity index (χ3v) is 6.63. The monoisotopic (exact) mass is 440 g/mol. The van der Waals surface area contributed by atoms with E-state index in [-0.39, 0.29) is 11.6 Å². The standard InChI is InChI=1S/C25H27F3N4/c1-5-18-13-32-24-21(31(18)12-16-6-7-16)10-15(4)29-23(24)22(30-32)19-9-8-17(14(2)3)11-20(19)25(26,27)28/h8-11,16,18H,2,5-7,12-13H2,1,3-4H3/t18-/m0/s1. The molecule has 32 heavy (non-hydrogen) atoms. The molecule has 0 unspecified atom stereocenters. The first-order valence-corrected chi connectivity index (χ1v) is 11.2. The quantitative estimate of drug-likeness (QED) is 0.456. The summed E-state index contributed by atoms with van der Waals surface area (Å²) in [7, 11) is 0.